The lowest BCUT2D eigenvalue weighted by Crippen LogP contribution is -2.20. The van der Waals surface area contributed by atoms with Crippen LogP contribution < -0.4 is 0 Å². The predicted molar refractivity (Wildman–Crippen MR) is 102 cm³/mol. The van der Waals surface area contributed by atoms with Crippen molar-refractivity contribution in [2.75, 3.05) is 0 Å². The highest BCUT2D eigenvalue weighted by molar-refractivity contribution is 6.24. The second-order valence-corrected chi connectivity index (χ2v) is 6.89. The van der Waals surface area contributed by atoms with Crippen LogP contribution >= 0.6 is 0 Å². The Bertz CT molecular complexity index is 727. The largest absolute Gasteiger partial charge is 0.289 e. The molecule has 2 nitrogen and oxygen atoms in total. The topological polar surface area (TPSA) is 34.1 Å². The molecule has 0 aliphatic heterocycles. The number of ketones is 2. The minimum absolute atomic E-state index is 0.0347. The van der Waals surface area contributed by atoms with E-state index in [2.05, 4.69) is 6.08 Å². The zero-order valence-corrected chi connectivity index (χ0v) is 16.3. The smallest absolute Gasteiger partial charge is 0.266 e. The van der Waals surface area contributed by atoms with Crippen molar-refractivity contribution >= 4 is 11.6 Å². The normalized spacial score (nSPS) is 16.6. The maximum Gasteiger partial charge on any atom is 0.266 e. The Labute approximate surface area is 155 Å². The third kappa shape index (κ3) is 6.32. The van der Waals surface area contributed by atoms with Crippen molar-refractivity contribution in [1.82, 2.24) is 0 Å². The van der Waals surface area contributed by atoms with Gasteiger partial charge in [-0.1, -0.05) is 23.3 Å². The first-order valence-electron chi connectivity index (χ1n) is 8.94. The number of allylic oxidation sites excluding steroid dienone is 9. The SMILES string of the molecule is CC1=C(C)C(=O)C(C/C=C(\C)CC/C=C(\C)CCC=C(F)F)=C(C)C1=O. The Hall–Kier alpha value is -2.10. The van der Waals surface area contributed by atoms with E-state index < -0.39 is 6.08 Å². The minimum Gasteiger partial charge on any atom is -0.289 e. The molecule has 0 atom stereocenters. The number of halogens is 2. The average molecular weight is 362 g/mol. The molecule has 0 amide bonds. The van der Waals surface area contributed by atoms with Gasteiger partial charge in [-0.2, -0.15) is 8.78 Å². The van der Waals surface area contributed by atoms with Gasteiger partial charge in [0.05, 0.1) is 0 Å². The Kier molecular flexibility index (Phi) is 8.56. The molecule has 4 heteroatoms. The van der Waals surface area contributed by atoms with E-state index in [0.29, 0.717) is 41.6 Å². The van der Waals surface area contributed by atoms with Crippen LogP contribution in [0, 0.1) is 0 Å². The minimum atomic E-state index is -1.63. The quantitative estimate of drug-likeness (QED) is 0.369. The molecule has 0 aromatic carbocycles. The molecule has 142 valence electrons. The van der Waals surface area contributed by atoms with Crippen molar-refractivity contribution < 1.29 is 18.4 Å². The van der Waals surface area contributed by atoms with Crippen LogP contribution in [0.15, 0.2) is 57.7 Å². The standard InChI is InChI=1S/C22H28F2O2/c1-14(10-7-11-20(23)24)8-6-9-15(2)12-13-19-18(5)21(25)16(3)17(4)22(19)26/h8,11-12H,6-7,9-10,13H2,1-5H3/b14-8+,15-12+. The van der Waals surface area contributed by atoms with Gasteiger partial charge >= 0.3 is 0 Å². The monoisotopic (exact) mass is 362 g/mol. The summed E-state index contributed by atoms with van der Waals surface area (Å²) >= 11 is 0. The summed E-state index contributed by atoms with van der Waals surface area (Å²) in [5.74, 6) is -0.0759. The van der Waals surface area contributed by atoms with Crippen LogP contribution in [0.1, 0.15) is 66.7 Å². The molecule has 0 bridgehead atoms. The first kappa shape index (κ1) is 21.9. The number of hydrogen-bond donors (Lipinski definition) is 0. The van der Waals surface area contributed by atoms with Crippen LogP contribution in [-0.2, 0) is 9.59 Å². The highest BCUT2D eigenvalue weighted by Gasteiger charge is 2.26. The fourth-order valence-corrected chi connectivity index (χ4v) is 2.84. The zero-order valence-electron chi connectivity index (χ0n) is 16.3. The van der Waals surface area contributed by atoms with E-state index in [1.54, 1.807) is 20.8 Å². The van der Waals surface area contributed by atoms with Gasteiger partial charge < -0.3 is 0 Å². The second kappa shape index (κ2) is 10.1. The maximum atomic E-state index is 12.4. The van der Waals surface area contributed by atoms with Crippen molar-refractivity contribution in [1.29, 1.82) is 0 Å². The van der Waals surface area contributed by atoms with E-state index in [4.69, 9.17) is 0 Å². The molecule has 0 unspecified atom stereocenters. The molecule has 0 aromatic heterocycles. The third-order valence-electron chi connectivity index (χ3n) is 4.83. The summed E-state index contributed by atoms with van der Waals surface area (Å²) in [6.45, 7) is 9.07. The van der Waals surface area contributed by atoms with Crippen molar-refractivity contribution in [3.63, 3.8) is 0 Å². The highest BCUT2D eigenvalue weighted by atomic mass is 19.3. The van der Waals surface area contributed by atoms with E-state index in [0.717, 1.165) is 30.1 Å². The Morgan fingerprint density at radius 3 is 1.85 bits per heavy atom. The summed E-state index contributed by atoms with van der Waals surface area (Å²) in [6, 6.07) is 0. The first-order valence-corrected chi connectivity index (χ1v) is 8.94. The number of carbonyl (C=O) groups excluding carboxylic acids is 2. The molecule has 0 heterocycles. The van der Waals surface area contributed by atoms with Gasteiger partial charge in [-0.05, 0) is 72.8 Å². The first-order chi connectivity index (χ1) is 12.1. The molecular formula is C22H28F2O2. The van der Waals surface area contributed by atoms with Crippen molar-refractivity contribution in [3.05, 3.63) is 57.7 Å². The molecule has 0 N–H and O–H groups in total. The molecule has 0 fully saturated rings. The van der Waals surface area contributed by atoms with Crippen molar-refractivity contribution in [2.45, 2.75) is 66.7 Å². The Morgan fingerprint density at radius 1 is 0.769 bits per heavy atom. The third-order valence-corrected chi connectivity index (χ3v) is 4.83. The highest BCUT2D eigenvalue weighted by Crippen LogP contribution is 2.27. The zero-order chi connectivity index (χ0) is 19.9. The number of hydrogen-bond acceptors (Lipinski definition) is 2. The molecule has 1 aliphatic rings. The lowest BCUT2D eigenvalue weighted by atomic mass is 9.84. The van der Waals surface area contributed by atoms with Gasteiger partial charge in [0.15, 0.2) is 11.6 Å². The van der Waals surface area contributed by atoms with E-state index in [9.17, 15) is 18.4 Å². The van der Waals surface area contributed by atoms with E-state index >= 15 is 0 Å². The van der Waals surface area contributed by atoms with E-state index in [1.165, 1.54) is 0 Å². The predicted octanol–water partition coefficient (Wildman–Crippen LogP) is 6.41. The Balaban J connectivity index is 2.60. The molecule has 0 saturated heterocycles. The van der Waals surface area contributed by atoms with Gasteiger partial charge in [0.25, 0.3) is 6.08 Å². The number of carbonyl (C=O) groups is 2. The van der Waals surface area contributed by atoms with Gasteiger partial charge in [-0.3, -0.25) is 9.59 Å². The van der Waals surface area contributed by atoms with Gasteiger partial charge in [-0.25, -0.2) is 0 Å². The van der Waals surface area contributed by atoms with Gasteiger partial charge in [0.1, 0.15) is 0 Å². The summed E-state index contributed by atoms with van der Waals surface area (Å²) in [6.07, 6.45) is 6.52. The molecule has 0 aromatic rings. The molecule has 0 spiro atoms. The number of rotatable bonds is 8. The molecule has 26 heavy (non-hydrogen) atoms. The summed E-state index contributed by atoms with van der Waals surface area (Å²) in [5, 5.41) is 0. The molecule has 0 radical (unpaired) electrons. The van der Waals surface area contributed by atoms with Crippen LogP contribution in [0.4, 0.5) is 8.78 Å². The van der Waals surface area contributed by atoms with E-state index in [-0.39, 0.29) is 11.6 Å². The summed E-state index contributed by atoms with van der Waals surface area (Å²) in [4.78, 5) is 24.6. The maximum absolute atomic E-state index is 12.4. The van der Waals surface area contributed by atoms with Crippen LogP contribution in [0.2, 0.25) is 0 Å². The van der Waals surface area contributed by atoms with Crippen molar-refractivity contribution in [3.8, 4) is 0 Å². The second-order valence-electron chi connectivity index (χ2n) is 6.89. The van der Waals surface area contributed by atoms with Crippen LogP contribution in [0.25, 0.3) is 0 Å². The molecule has 1 aliphatic carbocycles. The summed E-state index contributed by atoms with van der Waals surface area (Å²) < 4.78 is 24.0. The fraction of sp³-hybridized carbons (Fsp3) is 0.455. The fourth-order valence-electron chi connectivity index (χ4n) is 2.84. The van der Waals surface area contributed by atoms with Crippen LogP contribution in [0.3, 0.4) is 0 Å². The summed E-state index contributed by atoms with van der Waals surface area (Å²) in [5.41, 5.74) is 4.46. The lowest BCUT2D eigenvalue weighted by molar-refractivity contribution is -0.116. The van der Waals surface area contributed by atoms with Gasteiger partial charge in [0.2, 0.25) is 0 Å². The van der Waals surface area contributed by atoms with Crippen LogP contribution in [0.5, 0.6) is 0 Å². The molecule has 1 rings (SSSR count). The van der Waals surface area contributed by atoms with Crippen LogP contribution in [-0.4, -0.2) is 11.6 Å². The average Bonchev–Trinajstić information content (AvgIpc) is 2.58. The van der Waals surface area contributed by atoms with Gasteiger partial charge in [0, 0.05) is 22.3 Å². The van der Waals surface area contributed by atoms with E-state index in [1.807, 2.05) is 19.9 Å². The molecule has 0 saturated carbocycles. The van der Waals surface area contributed by atoms with Gasteiger partial charge in [-0.15, -0.1) is 0 Å². The molecular weight excluding hydrogens is 334 g/mol. The lowest BCUT2D eigenvalue weighted by Gasteiger charge is -2.17. The van der Waals surface area contributed by atoms with Crippen molar-refractivity contribution in [2.24, 2.45) is 0 Å². The number of Topliss-reactive ketones (excluding diaryl/α,β-unsaturated/α-hetero) is 2. The Morgan fingerprint density at radius 2 is 1.27 bits per heavy atom. The summed E-state index contributed by atoms with van der Waals surface area (Å²) in [7, 11) is 0.